The van der Waals surface area contributed by atoms with Crippen molar-refractivity contribution in [3.05, 3.63) is 53.1 Å². The van der Waals surface area contributed by atoms with Gasteiger partial charge in [-0.2, -0.15) is 10.2 Å². The number of nitrogens with two attached hydrogens (primary N) is 1. The third-order valence-corrected chi connectivity index (χ3v) is 6.40. The average Bonchev–Trinajstić information content (AvgIpc) is 3.51. The molecule has 1 fully saturated rings. The molecular weight excluding hydrogens is 462 g/mol. The van der Waals surface area contributed by atoms with Crippen molar-refractivity contribution in [2.45, 2.75) is 45.3 Å². The molecule has 1 aliphatic carbocycles. The fourth-order valence-corrected chi connectivity index (χ4v) is 4.66. The number of aliphatic hydroxyl groups is 1. The van der Waals surface area contributed by atoms with Gasteiger partial charge in [0.25, 0.3) is 5.89 Å². The van der Waals surface area contributed by atoms with E-state index in [-0.39, 0.29) is 12.2 Å². The van der Waals surface area contributed by atoms with Gasteiger partial charge >= 0.3 is 0 Å². The lowest BCUT2D eigenvalue weighted by atomic mass is 10.0. The van der Waals surface area contributed by atoms with Crippen molar-refractivity contribution in [2.24, 2.45) is 5.14 Å². The number of likely N-dealkylation sites (tertiary alicyclic amines) is 1. The maximum Gasteiger partial charge on any atom is 0.258 e. The first-order chi connectivity index (χ1) is 17.0. The second-order valence-electron chi connectivity index (χ2n) is 8.99. The summed E-state index contributed by atoms with van der Waals surface area (Å²) in [6.45, 7) is 6.54. The SMILES string of the molecule is CC(C)Oc1ccc(-c2nc(-c3cccc4c3CCC4)no2)cc1C#N.NSCCN1CC(O)C1. The van der Waals surface area contributed by atoms with E-state index in [1.54, 1.807) is 12.1 Å². The molecule has 0 spiro atoms. The largest absolute Gasteiger partial charge is 0.490 e. The third-order valence-electron chi connectivity index (χ3n) is 5.99. The van der Waals surface area contributed by atoms with Crippen LogP contribution in [0.2, 0.25) is 0 Å². The van der Waals surface area contributed by atoms with Crippen LogP contribution in [0.3, 0.4) is 0 Å². The summed E-state index contributed by atoms with van der Waals surface area (Å²) in [7, 11) is 0. The molecule has 2 heterocycles. The molecule has 2 aromatic carbocycles. The lowest BCUT2D eigenvalue weighted by molar-refractivity contribution is 0.00648. The van der Waals surface area contributed by atoms with E-state index in [4.69, 9.17) is 19.5 Å². The molecular formula is C26H31N5O3S. The Kier molecular flexibility index (Phi) is 8.42. The van der Waals surface area contributed by atoms with Crippen molar-refractivity contribution in [3.63, 3.8) is 0 Å². The number of hydrogen-bond acceptors (Lipinski definition) is 9. The summed E-state index contributed by atoms with van der Waals surface area (Å²) in [4.78, 5) is 6.75. The highest BCUT2D eigenvalue weighted by Crippen LogP contribution is 2.33. The number of fused-ring (bicyclic) bond motifs is 1. The molecule has 0 bridgehead atoms. The van der Waals surface area contributed by atoms with Crippen LogP contribution in [0.15, 0.2) is 40.9 Å². The molecule has 9 heteroatoms. The Morgan fingerprint density at radius 3 is 2.83 bits per heavy atom. The number of aromatic nitrogens is 2. The number of nitriles is 1. The summed E-state index contributed by atoms with van der Waals surface area (Å²) in [5.74, 6) is 2.53. The lowest BCUT2D eigenvalue weighted by Gasteiger charge is -2.35. The Labute approximate surface area is 210 Å². The van der Waals surface area contributed by atoms with Gasteiger partial charge in [0.2, 0.25) is 5.82 Å². The predicted molar refractivity (Wildman–Crippen MR) is 137 cm³/mol. The number of aliphatic hydroxyl groups excluding tert-OH is 1. The Hall–Kier alpha value is -2.90. The number of nitrogens with zero attached hydrogens (tertiary/aromatic N) is 4. The van der Waals surface area contributed by atoms with E-state index in [2.05, 4.69) is 27.2 Å². The van der Waals surface area contributed by atoms with Gasteiger partial charge in [0.15, 0.2) is 0 Å². The van der Waals surface area contributed by atoms with Crippen LogP contribution < -0.4 is 9.88 Å². The second-order valence-corrected chi connectivity index (χ2v) is 9.74. The molecule has 8 nitrogen and oxygen atoms in total. The van der Waals surface area contributed by atoms with Crippen LogP contribution in [0.1, 0.15) is 37.0 Å². The van der Waals surface area contributed by atoms with Gasteiger partial charge < -0.3 is 14.4 Å². The van der Waals surface area contributed by atoms with E-state index in [1.165, 1.54) is 29.5 Å². The Bertz CT molecular complexity index is 1180. The minimum atomic E-state index is -0.0761. The Morgan fingerprint density at radius 1 is 1.29 bits per heavy atom. The number of β-amino-alcohol motifs (C(OH)–C–C–N with tert-alkyl or cyclic N) is 1. The zero-order valence-electron chi connectivity index (χ0n) is 20.1. The van der Waals surface area contributed by atoms with Crippen LogP contribution in [0.4, 0.5) is 0 Å². The second kappa shape index (κ2) is 11.7. The van der Waals surface area contributed by atoms with Crippen LogP contribution in [0.25, 0.3) is 22.8 Å². The molecule has 0 saturated carbocycles. The number of hydrogen-bond donors (Lipinski definition) is 2. The maximum absolute atomic E-state index is 9.40. The Morgan fingerprint density at radius 2 is 2.11 bits per heavy atom. The van der Waals surface area contributed by atoms with Crippen molar-refractivity contribution >= 4 is 11.9 Å². The molecule has 1 aliphatic heterocycles. The highest BCUT2D eigenvalue weighted by molar-refractivity contribution is 7.97. The minimum absolute atomic E-state index is 0.00290. The fourth-order valence-electron chi connectivity index (χ4n) is 4.29. The first-order valence-electron chi connectivity index (χ1n) is 11.9. The van der Waals surface area contributed by atoms with Crippen LogP contribution in [-0.2, 0) is 12.8 Å². The quantitative estimate of drug-likeness (QED) is 0.473. The van der Waals surface area contributed by atoms with Crippen LogP contribution in [0, 0.1) is 11.3 Å². The first-order valence-corrected chi connectivity index (χ1v) is 12.9. The molecule has 0 amide bonds. The van der Waals surface area contributed by atoms with Gasteiger partial charge in [-0.05, 0) is 62.4 Å². The summed E-state index contributed by atoms with van der Waals surface area (Å²) in [6, 6.07) is 13.8. The molecule has 35 heavy (non-hydrogen) atoms. The Balaban J connectivity index is 0.000000271. The van der Waals surface area contributed by atoms with Gasteiger partial charge in [-0.15, -0.1) is 0 Å². The number of benzene rings is 2. The molecule has 3 N–H and O–H groups in total. The number of ether oxygens (including phenoxy) is 1. The van der Waals surface area contributed by atoms with E-state index in [1.807, 2.05) is 32.0 Å². The van der Waals surface area contributed by atoms with Gasteiger partial charge in [-0.1, -0.05) is 35.3 Å². The third kappa shape index (κ3) is 6.21. The van der Waals surface area contributed by atoms with Gasteiger partial charge in [0.1, 0.15) is 11.8 Å². The molecule has 5 rings (SSSR count). The monoisotopic (exact) mass is 493 g/mol. The van der Waals surface area contributed by atoms with Gasteiger partial charge in [0, 0.05) is 36.5 Å². The average molecular weight is 494 g/mol. The topological polar surface area (TPSA) is 121 Å². The van der Waals surface area contributed by atoms with E-state index >= 15 is 0 Å². The maximum atomic E-state index is 9.40. The molecule has 184 valence electrons. The van der Waals surface area contributed by atoms with E-state index < -0.39 is 0 Å². The van der Waals surface area contributed by atoms with Gasteiger partial charge in [0.05, 0.1) is 17.8 Å². The summed E-state index contributed by atoms with van der Waals surface area (Å²) >= 11 is 1.36. The molecule has 2 aliphatic rings. The molecule has 0 atom stereocenters. The standard InChI is InChI=1S/C21H19N3O2.C5H12N2OS/c1-13(2)25-19-10-9-15(11-16(19)12-22)21-23-20(24-26-21)18-8-4-6-14-5-3-7-17(14)18;6-9-2-1-7-3-5(8)4-7/h4,6,8-11,13H,3,5,7H2,1-2H3;5,8H,1-4,6H2. The van der Waals surface area contributed by atoms with Gasteiger partial charge in [-0.3, -0.25) is 10.0 Å². The van der Waals surface area contributed by atoms with Crippen LogP contribution in [0.5, 0.6) is 5.75 Å². The number of rotatable bonds is 7. The lowest BCUT2D eigenvalue weighted by Crippen LogP contribution is -2.51. The summed E-state index contributed by atoms with van der Waals surface area (Å²) in [5, 5.41) is 27.6. The van der Waals surface area contributed by atoms with Crippen molar-refractivity contribution in [1.29, 1.82) is 5.26 Å². The zero-order valence-corrected chi connectivity index (χ0v) is 20.9. The normalized spacial score (nSPS) is 15.2. The predicted octanol–water partition coefficient (Wildman–Crippen LogP) is 3.82. The highest BCUT2D eigenvalue weighted by atomic mass is 32.2. The molecule has 0 radical (unpaired) electrons. The molecule has 0 unspecified atom stereocenters. The molecule has 1 aromatic heterocycles. The number of aryl methyl sites for hydroxylation is 1. The van der Waals surface area contributed by atoms with Gasteiger partial charge in [-0.25, -0.2) is 0 Å². The zero-order chi connectivity index (χ0) is 24.8. The van der Waals surface area contributed by atoms with E-state index in [0.29, 0.717) is 28.6 Å². The summed E-state index contributed by atoms with van der Waals surface area (Å²) in [6.07, 6.45) is 3.25. The van der Waals surface area contributed by atoms with Crippen molar-refractivity contribution in [1.82, 2.24) is 15.0 Å². The minimum Gasteiger partial charge on any atom is -0.490 e. The first kappa shape index (κ1) is 25.2. The fraction of sp³-hybridized carbons (Fsp3) is 0.423. The van der Waals surface area contributed by atoms with Crippen molar-refractivity contribution in [2.75, 3.05) is 25.4 Å². The van der Waals surface area contributed by atoms with E-state index in [9.17, 15) is 5.26 Å². The van der Waals surface area contributed by atoms with Crippen LogP contribution in [-0.4, -0.2) is 57.7 Å². The molecule has 3 aromatic rings. The highest BCUT2D eigenvalue weighted by Gasteiger charge is 2.23. The van der Waals surface area contributed by atoms with E-state index in [0.717, 1.165) is 43.8 Å². The van der Waals surface area contributed by atoms with Crippen molar-refractivity contribution in [3.8, 4) is 34.7 Å². The van der Waals surface area contributed by atoms with Crippen molar-refractivity contribution < 1.29 is 14.4 Å². The van der Waals surface area contributed by atoms with Crippen LogP contribution >= 0.6 is 11.9 Å². The smallest absolute Gasteiger partial charge is 0.258 e. The summed E-state index contributed by atoms with van der Waals surface area (Å²) < 4.78 is 11.1. The summed E-state index contributed by atoms with van der Waals surface area (Å²) in [5.41, 5.74) is 4.89. The molecule has 1 saturated heterocycles.